The molecule has 116 valence electrons. The van der Waals surface area contributed by atoms with Gasteiger partial charge in [0.25, 0.3) is 0 Å². The van der Waals surface area contributed by atoms with E-state index in [1.807, 2.05) is 16.8 Å². The van der Waals surface area contributed by atoms with Gasteiger partial charge >= 0.3 is 0 Å². The molecule has 0 atom stereocenters. The molecule has 1 N–H and O–H groups in total. The van der Waals surface area contributed by atoms with E-state index in [1.165, 1.54) is 11.8 Å². The molecule has 4 rings (SSSR count). The first-order valence-electron chi connectivity index (χ1n) is 6.52. The van der Waals surface area contributed by atoms with E-state index in [0.29, 0.717) is 33.7 Å². The number of benzene rings is 1. The molecule has 0 spiro atoms. The summed E-state index contributed by atoms with van der Waals surface area (Å²) in [5.74, 6) is -0.431. The van der Waals surface area contributed by atoms with Gasteiger partial charge in [-0.25, -0.2) is 13.8 Å². The number of hydrogen-bond acceptors (Lipinski definition) is 6. The summed E-state index contributed by atoms with van der Waals surface area (Å²) in [7, 11) is 0. The summed E-state index contributed by atoms with van der Waals surface area (Å²) in [5, 5.41) is 8.31. The Hall–Kier alpha value is -2.26. The average Bonchev–Trinajstić information content (AvgIpc) is 3.25. The van der Waals surface area contributed by atoms with Crippen LogP contribution in [0, 0.1) is 11.6 Å². The lowest BCUT2D eigenvalue weighted by Crippen LogP contribution is -1.82. The molecule has 0 aliphatic heterocycles. The summed E-state index contributed by atoms with van der Waals surface area (Å²) in [6.45, 7) is 0. The minimum Gasteiger partial charge on any atom is -0.338 e. The third kappa shape index (κ3) is 2.84. The highest BCUT2D eigenvalue weighted by molar-refractivity contribution is 7.98. The van der Waals surface area contributed by atoms with Gasteiger partial charge in [0.2, 0.25) is 11.7 Å². The van der Waals surface area contributed by atoms with Gasteiger partial charge in [-0.15, -0.1) is 0 Å². The topological polar surface area (TPSA) is 67.6 Å². The molecule has 5 nitrogen and oxygen atoms in total. The predicted octanol–water partition coefficient (Wildman–Crippen LogP) is 4.24. The van der Waals surface area contributed by atoms with Crippen molar-refractivity contribution in [3.8, 4) is 11.4 Å². The summed E-state index contributed by atoms with van der Waals surface area (Å²) < 4.78 is 31.5. The molecule has 0 fully saturated rings. The number of nitrogens with one attached hydrogen (secondary N) is 1. The second-order valence-corrected chi connectivity index (χ2v) is 6.38. The zero-order chi connectivity index (χ0) is 15.8. The van der Waals surface area contributed by atoms with Gasteiger partial charge in [-0.1, -0.05) is 16.9 Å². The number of aromatic amines is 1. The van der Waals surface area contributed by atoms with Crippen LogP contribution in [0.5, 0.6) is 0 Å². The van der Waals surface area contributed by atoms with Gasteiger partial charge in [-0.2, -0.15) is 16.3 Å². The molecular formula is C14H8F2N4OS2. The second kappa shape index (κ2) is 5.74. The van der Waals surface area contributed by atoms with Crippen molar-refractivity contribution >= 4 is 34.1 Å². The molecule has 0 saturated carbocycles. The Balaban J connectivity index is 1.51. The predicted molar refractivity (Wildman–Crippen MR) is 83.2 cm³/mol. The van der Waals surface area contributed by atoms with Gasteiger partial charge in [-0.05, 0) is 11.4 Å². The summed E-state index contributed by atoms with van der Waals surface area (Å²) in [6, 6.07) is 4.06. The minimum absolute atomic E-state index is 0.371. The first-order chi connectivity index (χ1) is 11.2. The Kier molecular flexibility index (Phi) is 3.58. The molecule has 0 radical (unpaired) electrons. The lowest BCUT2D eigenvalue weighted by Gasteiger charge is -1.91. The molecule has 0 saturated heterocycles. The SMILES string of the molecule is Fc1cc2nc(SCc3nc(-c4ccsc4)no3)[nH]c2cc1F. The number of fused-ring (bicyclic) bond motifs is 1. The van der Waals surface area contributed by atoms with Crippen LogP contribution >= 0.6 is 23.1 Å². The molecule has 3 heterocycles. The van der Waals surface area contributed by atoms with Crippen LogP contribution < -0.4 is 0 Å². The van der Waals surface area contributed by atoms with Gasteiger partial charge in [0, 0.05) is 23.1 Å². The fourth-order valence-corrected chi connectivity index (χ4v) is 3.36. The number of nitrogens with zero attached hydrogens (tertiary/aromatic N) is 3. The van der Waals surface area contributed by atoms with Crippen molar-refractivity contribution in [2.45, 2.75) is 10.9 Å². The summed E-state index contributed by atoms with van der Waals surface area (Å²) in [6.07, 6.45) is 0. The van der Waals surface area contributed by atoms with Gasteiger partial charge < -0.3 is 9.51 Å². The Labute approximate surface area is 136 Å². The Morgan fingerprint density at radius 1 is 1.22 bits per heavy atom. The average molecular weight is 350 g/mol. The van der Waals surface area contributed by atoms with E-state index in [4.69, 9.17) is 4.52 Å². The number of H-pyrrole nitrogens is 1. The normalized spacial score (nSPS) is 11.4. The van der Waals surface area contributed by atoms with E-state index in [1.54, 1.807) is 11.3 Å². The summed E-state index contributed by atoms with van der Waals surface area (Å²) in [4.78, 5) is 11.4. The Morgan fingerprint density at radius 2 is 2.09 bits per heavy atom. The fraction of sp³-hybridized carbons (Fsp3) is 0.0714. The third-order valence-electron chi connectivity index (χ3n) is 3.08. The number of thiophene rings is 1. The zero-order valence-corrected chi connectivity index (χ0v) is 13.0. The smallest absolute Gasteiger partial charge is 0.237 e. The summed E-state index contributed by atoms with van der Waals surface area (Å²) in [5.41, 5.74) is 1.72. The molecule has 3 aromatic heterocycles. The van der Waals surface area contributed by atoms with Crippen LogP contribution in [0.3, 0.4) is 0 Å². The van der Waals surface area contributed by atoms with Crippen LogP contribution in [0.2, 0.25) is 0 Å². The van der Waals surface area contributed by atoms with Crippen LogP contribution in [0.15, 0.2) is 38.6 Å². The number of imidazole rings is 1. The van der Waals surface area contributed by atoms with Crippen LogP contribution in [-0.2, 0) is 5.75 Å². The highest BCUT2D eigenvalue weighted by atomic mass is 32.2. The van der Waals surface area contributed by atoms with E-state index in [2.05, 4.69) is 20.1 Å². The summed E-state index contributed by atoms with van der Waals surface area (Å²) >= 11 is 2.87. The Morgan fingerprint density at radius 3 is 2.91 bits per heavy atom. The number of rotatable bonds is 4. The van der Waals surface area contributed by atoms with Crippen molar-refractivity contribution < 1.29 is 13.3 Å². The van der Waals surface area contributed by atoms with Crippen molar-refractivity contribution in [1.82, 2.24) is 20.1 Å². The van der Waals surface area contributed by atoms with Crippen molar-refractivity contribution in [3.05, 3.63) is 46.5 Å². The van der Waals surface area contributed by atoms with Crippen molar-refractivity contribution in [2.24, 2.45) is 0 Å². The molecule has 0 bridgehead atoms. The second-order valence-electron chi connectivity index (χ2n) is 4.64. The van der Waals surface area contributed by atoms with E-state index in [0.717, 1.165) is 17.7 Å². The number of aromatic nitrogens is 4. The van der Waals surface area contributed by atoms with Gasteiger partial charge in [0.05, 0.1) is 16.8 Å². The monoisotopic (exact) mass is 350 g/mol. The molecule has 23 heavy (non-hydrogen) atoms. The van der Waals surface area contributed by atoms with Crippen LogP contribution in [0.25, 0.3) is 22.4 Å². The van der Waals surface area contributed by atoms with E-state index in [9.17, 15) is 8.78 Å². The maximum atomic E-state index is 13.2. The lowest BCUT2D eigenvalue weighted by molar-refractivity contribution is 0.391. The molecule has 4 aromatic rings. The number of hydrogen-bond donors (Lipinski definition) is 1. The van der Waals surface area contributed by atoms with E-state index < -0.39 is 11.6 Å². The molecule has 0 amide bonds. The van der Waals surface area contributed by atoms with Crippen molar-refractivity contribution in [2.75, 3.05) is 0 Å². The minimum atomic E-state index is -0.919. The standard InChI is InChI=1S/C14H8F2N4OS2/c15-8-3-10-11(4-9(8)16)18-14(17-10)23-6-12-19-13(20-21-12)7-1-2-22-5-7/h1-5H,6H2,(H,17,18). The molecule has 0 aliphatic rings. The van der Waals surface area contributed by atoms with Gasteiger partial charge in [0.1, 0.15) is 0 Å². The van der Waals surface area contributed by atoms with Crippen LogP contribution in [0.4, 0.5) is 8.78 Å². The van der Waals surface area contributed by atoms with Crippen molar-refractivity contribution in [1.29, 1.82) is 0 Å². The quantitative estimate of drug-likeness (QED) is 0.558. The number of halogens is 2. The van der Waals surface area contributed by atoms with Crippen LogP contribution in [-0.4, -0.2) is 20.1 Å². The largest absolute Gasteiger partial charge is 0.338 e. The first-order valence-corrected chi connectivity index (χ1v) is 8.44. The number of thioether (sulfide) groups is 1. The fourth-order valence-electron chi connectivity index (χ4n) is 2.00. The molecule has 0 aliphatic carbocycles. The van der Waals surface area contributed by atoms with Gasteiger partial charge in [0.15, 0.2) is 16.8 Å². The molecular weight excluding hydrogens is 342 g/mol. The van der Waals surface area contributed by atoms with Crippen LogP contribution in [0.1, 0.15) is 5.89 Å². The zero-order valence-electron chi connectivity index (χ0n) is 11.4. The van der Waals surface area contributed by atoms with E-state index in [-0.39, 0.29) is 0 Å². The maximum absolute atomic E-state index is 13.2. The molecule has 1 aromatic carbocycles. The highest BCUT2D eigenvalue weighted by Crippen LogP contribution is 2.25. The highest BCUT2D eigenvalue weighted by Gasteiger charge is 2.12. The first kappa shape index (κ1) is 14.3. The molecule has 9 heteroatoms. The Bertz CT molecular complexity index is 926. The maximum Gasteiger partial charge on any atom is 0.237 e. The van der Waals surface area contributed by atoms with E-state index >= 15 is 0 Å². The van der Waals surface area contributed by atoms with Crippen molar-refractivity contribution in [3.63, 3.8) is 0 Å². The third-order valence-corrected chi connectivity index (χ3v) is 4.62. The lowest BCUT2D eigenvalue weighted by atomic mass is 10.3. The van der Waals surface area contributed by atoms with Gasteiger partial charge in [-0.3, -0.25) is 0 Å². The molecule has 0 unspecified atom stereocenters.